The molecule has 4 heterocycles. The molecule has 184 valence electrons. The second-order valence-electron chi connectivity index (χ2n) is 9.46. The van der Waals surface area contributed by atoms with Crippen molar-refractivity contribution in [3.05, 3.63) is 29.8 Å². The second kappa shape index (κ2) is 10.4. The number of morpholine rings is 1. The van der Waals surface area contributed by atoms with Crippen molar-refractivity contribution < 1.29 is 19.3 Å². The summed E-state index contributed by atoms with van der Waals surface area (Å²) >= 11 is 0. The lowest BCUT2D eigenvalue weighted by Crippen LogP contribution is -2.43. The average molecular weight is 470 g/mol. The normalized spacial score (nSPS) is 24.9. The summed E-state index contributed by atoms with van der Waals surface area (Å²) < 4.78 is 17.5. The summed E-state index contributed by atoms with van der Waals surface area (Å²) in [4.78, 5) is 12.3. The Balaban J connectivity index is 1.44. The third-order valence-corrected chi connectivity index (χ3v) is 6.71. The lowest BCUT2D eigenvalue weighted by molar-refractivity contribution is 0.0302. The fraction of sp³-hybridized carbons (Fsp3) is 0.600. The molecule has 5 rings (SSSR count). The van der Waals surface area contributed by atoms with Crippen LogP contribution in [0.3, 0.4) is 0 Å². The smallest absolute Gasteiger partial charge is 0.164 e. The number of hydrogen-bond acceptors (Lipinski definition) is 9. The quantitative estimate of drug-likeness (QED) is 0.509. The SMILES string of the molecule is CNCC(O)COc1cccc(-c2nc(N[C@@H]3CCOC3)c(C)c(N3CC4CCC(C3)O4)n2)c1. The molecular formula is C25H35N5O4. The van der Waals surface area contributed by atoms with Gasteiger partial charge in [-0.05, 0) is 45.4 Å². The highest BCUT2D eigenvalue weighted by atomic mass is 16.5. The molecule has 2 aromatic rings. The number of likely N-dealkylation sites (N-methyl/N-ethyl adjacent to an activating group) is 1. The summed E-state index contributed by atoms with van der Waals surface area (Å²) in [6.07, 6.45) is 3.17. The summed E-state index contributed by atoms with van der Waals surface area (Å²) in [5.41, 5.74) is 1.93. The topological polar surface area (TPSA) is 101 Å². The van der Waals surface area contributed by atoms with Gasteiger partial charge in [-0.3, -0.25) is 0 Å². The van der Waals surface area contributed by atoms with Gasteiger partial charge in [0.1, 0.15) is 30.1 Å². The zero-order valence-electron chi connectivity index (χ0n) is 20.0. The number of benzene rings is 1. The molecule has 9 heteroatoms. The summed E-state index contributed by atoms with van der Waals surface area (Å²) in [7, 11) is 1.80. The van der Waals surface area contributed by atoms with E-state index in [0.717, 1.165) is 61.7 Å². The Labute approximate surface area is 200 Å². The molecule has 0 radical (unpaired) electrons. The van der Waals surface area contributed by atoms with Gasteiger partial charge in [0.2, 0.25) is 0 Å². The van der Waals surface area contributed by atoms with Gasteiger partial charge in [-0.25, -0.2) is 9.97 Å². The highest BCUT2D eigenvalue weighted by Crippen LogP contribution is 2.34. The maximum atomic E-state index is 9.98. The highest BCUT2D eigenvalue weighted by Gasteiger charge is 2.35. The number of nitrogens with zero attached hydrogens (tertiary/aromatic N) is 3. The number of ether oxygens (including phenoxy) is 3. The van der Waals surface area contributed by atoms with Crippen molar-refractivity contribution in [3.8, 4) is 17.1 Å². The summed E-state index contributed by atoms with van der Waals surface area (Å²) in [5.74, 6) is 3.15. The van der Waals surface area contributed by atoms with Gasteiger partial charge in [-0.1, -0.05) is 12.1 Å². The Bertz CT molecular complexity index is 972. The fourth-order valence-electron chi connectivity index (χ4n) is 4.92. The van der Waals surface area contributed by atoms with Crippen LogP contribution in [0.15, 0.2) is 24.3 Å². The van der Waals surface area contributed by atoms with Gasteiger partial charge in [-0.15, -0.1) is 0 Å². The van der Waals surface area contributed by atoms with E-state index in [1.165, 1.54) is 0 Å². The monoisotopic (exact) mass is 469 g/mol. The van der Waals surface area contributed by atoms with Gasteiger partial charge in [-0.2, -0.15) is 0 Å². The molecule has 4 atom stereocenters. The first-order valence-corrected chi connectivity index (χ1v) is 12.3. The molecule has 3 aliphatic rings. The lowest BCUT2D eigenvalue weighted by atomic mass is 10.1. The molecule has 0 amide bonds. The van der Waals surface area contributed by atoms with Gasteiger partial charge < -0.3 is 34.9 Å². The van der Waals surface area contributed by atoms with Crippen molar-refractivity contribution in [1.29, 1.82) is 0 Å². The van der Waals surface area contributed by atoms with E-state index in [2.05, 4.69) is 22.5 Å². The maximum absolute atomic E-state index is 9.98. The van der Waals surface area contributed by atoms with Gasteiger partial charge in [0.05, 0.1) is 24.9 Å². The van der Waals surface area contributed by atoms with Crippen molar-refractivity contribution in [2.45, 2.75) is 50.5 Å². The molecule has 3 fully saturated rings. The van der Waals surface area contributed by atoms with Crippen LogP contribution in [0.1, 0.15) is 24.8 Å². The minimum absolute atomic E-state index is 0.218. The van der Waals surface area contributed by atoms with E-state index in [1.807, 2.05) is 24.3 Å². The van der Waals surface area contributed by atoms with Crippen LogP contribution < -0.4 is 20.3 Å². The van der Waals surface area contributed by atoms with Crippen molar-refractivity contribution in [3.63, 3.8) is 0 Å². The van der Waals surface area contributed by atoms with E-state index < -0.39 is 6.10 Å². The van der Waals surface area contributed by atoms with E-state index in [1.54, 1.807) is 7.05 Å². The molecule has 3 aliphatic heterocycles. The van der Waals surface area contributed by atoms with E-state index in [4.69, 9.17) is 24.2 Å². The number of aliphatic hydroxyl groups excluding tert-OH is 1. The molecule has 3 N–H and O–H groups in total. The molecule has 1 aromatic carbocycles. The van der Waals surface area contributed by atoms with E-state index in [9.17, 15) is 5.11 Å². The van der Waals surface area contributed by atoms with Gasteiger partial charge in [0.15, 0.2) is 5.82 Å². The zero-order valence-corrected chi connectivity index (χ0v) is 20.0. The predicted molar refractivity (Wildman–Crippen MR) is 131 cm³/mol. The highest BCUT2D eigenvalue weighted by molar-refractivity contribution is 5.67. The van der Waals surface area contributed by atoms with Crippen molar-refractivity contribution in [2.24, 2.45) is 0 Å². The first kappa shape index (κ1) is 23.3. The van der Waals surface area contributed by atoms with Crippen LogP contribution >= 0.6 is 0 Å². The average Bonchev–Trinajstić information content (AvgIpc) is 3.48. The molecule has 3 unspecified atom stereocenters. The molecular weight excluding hydrogens is 434 g/mol. The Hall–Kier alpha value is -2.46. The molecule has 3 saturated heterocycles. The summed E-state index contributed by atoms with van der Waals surface area (Å²) in [5, 5.41) is 16.5. The first-order chi connectivity index (χ1) is 16.6. The number of fused-ring (bicyclic) bond motifs is 2. The molecule has 0 saturated carbocycles. The molecule has 0 spiro atoms. The summed E-state index contributed by atoms with van der Waals surface area (Å²) in [6.45, 7) is 5.96. The van der Waals surface area contributed by atoms with Gasteiger partial charge >= 0.3 is 0 Å². The minimum Gasteiger partial charge on any atom is -0.491 e. The molecule has 0 aliphatic carbocycles. The van der Waals surface area contributed by atoms with E-state index >= 15 is 0 Å². The van der Waals surface area contributed by atoms with Crippen molar-refractivity contribution in [1.82, 2.24) is 15.3 Å². The fourth-order valence-corrected chi connectivity index (χ4v) is 4.92. The molecule has 2 bridgehead atoms. The van der Waals surface area contributed by atoms with Gasteiger partial charge in [0, 0.05) is 37.4 Å². The van der Waals surface area contributed by atoms with Crippen LogP contribution in [0.2, 0.25) is 0 Å². The molecule has 9 nitrogen and oxygen atoms in total. The Morgan fingerprint density at radius 3 is 2.76 bits per heavy atom. The third-order valence-electron chi connectivity index (χ3n) is 6.71. The number of nitrogens with one attached hydrogen (secondary N) is 2. The second-order valence-corrected chi connectivity index (χ2v) is 9.46. The van der Waals surface area contributed by atoms with Crippen LogP contribution in [0, 0.1) is 6.92 Å². The van der Waals surface area contributed by atoms with Gasteiger partial charge in [0.25, 0.3) is 0 Å². The Kier molecular flexibility index (Phi) is 7.15. The lowest BCUT2D eigenvalue weighted by Gasteiger charge is -2.34. The number of aliphatic hydroxyl groups is 1. The number of aromatic nitrogens is 2. The number of hydrogen-bond donors (Lipinski definition) is 3. The molecule has 1 aromatic heterocycles. The third kappa shape index (κ3) is 5.27. The van der Waals surface area contributed by atoms with Crippen LogP contribution in [-0.2, 0) is 9.47 Å². The van der Waals surface area contributed by atoms with Crippen molar-refractivity contribution in [2.75, 3.05) is 56.7 Å². The maximum Gasteiger partial charge on any atom is 0.164 e. The number of anilines is 2. The predicted octanol–water partition coefficient (Wildman–Crippen LogP) is 1.98. The van der Waals surface area contributed by atoms with E-state index in [0.29, 0.717) is 24.7 Å². The minimum atomic E-state index is -0.572. The Morgan fingerprint density at radius 1 is 1.21 bits per heavy atom. The largest absolute Gasteiger partial charge is 0.491 e. The molecule has 34 heavy (non-hydrogen) atoms. The number of rotatable bonds is 9. The Morgan fingerprint density at radius 2 is 2.03 bits per heavy atom. The van der Waals surface area contributed by atoms with Crippen LogP contribution in [0.25, 0.3) is 11.4 Å². The van der Waals surface area contributed by atoms with Crippen LogP contribution in [0.5, 0.6) is 5.75 Å². The standard InChI is InChI=1S/C25H35N5O4/c1-16-23(27-18-8-9-32-14-18)28-24(29-25(16)30-12-21-6-7-22(13-30)34-21)17-4-3-5-20(10-17)33-15-19(31)11-26-2/h3-5,10,18-19,21-22,26,31H,6-9,11-15H2,1-2H3,(H,27,28,29)/t18-,19?,21?,22?/m1/s1. The van der Waals surface area contributed by atoms with E-state index in [-0.39, 0.29) is 24.9 Å². The van der Waals surface area contributed by atoms with Crippen molar-refractivity contribution >= 4 is 11.6 Å². The summed E-state index contributed by atoms with van der Waals surface area (Å²) in [6, 6.07) is 8.01. The zero-order chi connectivity index (χ0) is 23.5. The first-order valence-electron chi connectivity index (χ1n) is 12.3. The van der Waals surface area contributed by atoms with Crippen LogP contribution in [0.4, 0.5) is 11.6 Å². The van der Waals surface area contributed by atoms with Crippen LogP contribution in [-0.4, -0.2) is 85.9 Å².